The number of carbonyl (C=O) groups is 1. The third-order valence-corrected chi connectivity index (χ3v) is 3.92. The van der Waals surface area contributed by atoms with Crippen molar-refractivity contribution in [2.24, 2.45) is 0 Å². The number of aromatic hydroxyl groups is 1. The summed E-state index contributed by atoms with van der Waals surface area (Å²) in [6, 6.07) is 5.03. The van der Waals surface area contributed by atoms with Gasteiger partial charge in [-0.15, -0.1) is 0 Å². The molecule has 1 heterocycles. The van der Waals surface area contributed by atoms with Gasteiger partial charge < -0.3 is 16.2 Å². The summed E-state index contributed by atoms with van der Waals surface area (Å²) in [5.41, 5.74) is 6.04. The van der Waals surface area contributed by atoms with E-state index >= 15 is 0 Å². The Labute approximate surface area is 105 Å². The minimum Gasteiger partial charge on any atom is -0.505 e. The van der Waals surface area contributed by atoms with Crippen LogP contribution in [-0.4, -0.2) is 28.6 Å². The predicted octanol–water partition coefficient (Wildman–Crippen LogP) is 1.60. The maximum absolute atomic E-state index is 12.0. The molecule has 0 spiro atoms. The van der Waals surface area contributed by atoms with Crippen LogP contribution in [0.2, 0.25) is 0 Å². The summed E-state index contributed by atoms with van der Waals surface area (Å²) in [5, 5.41) is 12.6. The van der Waals surface area contributed by atoms with Crippen molar-refractivity contribution >= 4 is 23.4 Å². The van der Waals surface area contributed by atoms with Gasteiger partial charge in [0.05, 0.1) is 11.3 Å². The van der Waals surface area contributed by atoms with Gasteiger partial charge in [0.25, 0.3) is 5.91 Å². The van der Waals surface area contributed by atoms with Crippen molar-refractivity contribution in [3.63, 3.8) is 0 Å². The fraction of sp³-hybridized carbons (Fsp3) is 0.417. The number of benzene rings is 1. The molecule has 4 N–H and O–H groups in total. The molecule has 0 bridgehead atoms. The molecule has 1 saturated heterocycles. The predicted molar refractivity (Wildman–Crippen MR) is 70.3 cm³/mol. The van der Waals surface area contributed by atoms with E-state index in [4.69, 9.17) is 5.73 Å². The zero-order valence-corrected chi connectivity index (χ0v) is 10.3. The number of hydrogen-bond donors (Lipinski definition) is 3. The average molecular weight is 252 g/mol. The summed E-state index contributed by atoms with van der Waals surface area (Å²) >= 11 is 1.91. The number of anilines is 1. The number of nitrogen functional groups attached to an aromatic ring is 1. The van der Waals surface area contributed by atoms with Gasteiger partial charge in [0.1, 0.15) is 0 Å². The highest BCUT2D eigenvalue weighted by atomic mass is 32.2. The molecule has 0 saturated carbocycles. The van der Waals surface area contributed by atoms with E-state index in [1.165, 1.54) is 0 Å². The van der Waals surface area contributed by atoms with E-state index in [-0.39, 0.29) is 28.9 Å². The van der Waals surface area contributed by atoms with E-state index < -0.39 is 0 Å². The van der Waals surface area contributed by atoms with E-state index in [0.717, 1.165) is 24.3 Å². The number of phenolic OH excluding ortho intramolecular Hbond substituents is 1. The Balaban J connectivity index is 2.06. The van der Waals surface area contributed by atoms with Crippen LogP contribution in [0.15, 0.2) is 18.2 Å². The van der Waals surface area contributed by atoms with E-state index in [0.29, 0.717) is 0 Å². The third kappa shape index (κ3) is 2.85. The smallest absolute Gasteiger partial charge is 0.255 e. The summed E-state index contributed by atoms with van der Waals surface area (Å²) in [4.78, 5) is 12.0. The Bertz CT molecular complexity index is 417. The lowest BCUT2D eigenvalue weighted by molar-refractivity contribution is 0.0932. The lowest BCUT2D eigenvalue weighted by Gasteiger charge is -2.22. The average Bonchev–Trinajstić information content (AvgIpc) is 2.34. The molecule has 1 fully saturated rings. The van der Waals surface area contributed by atoms with Crippen LogP contribution in [0, 0.1) is 0 Å². The zero-order valence-electron chi connectivity index (χ0n) is 9.48. The standard InChI is InChI=1S/C12H16N2O2S/c13-10-3-1-2-9(11(10)15)12(16)14-8-4-6-17-7-5-8/h1-3,8,15H,4-7,13H2,(H,14,16). The molecule has 1 aromatic carbocycles. The van der Waals surface area contributed by atoms with Gasteiger partial charge in [-0.05, 0) is 36.5 Å². The van der Waals surface area contributed by atoms with Gasteiger partial charge in [-0.1, -0.05) is 6.07 Å². The molecule has 17 heavy (non-hydrogen) atoms. The Morgan fingerprint density at radius 1 is 1.41 bits per heavy atom. The first-order valence-corrected chi connectivity index (χ1v) is 6.80. The van der Waals surface area contributed by atoms with Crippen molar-refractivity contribution in [3.05, 3.63) is 23.8 Å². The van der Waals surface area contributed by atoms with Crippen molar-refractivity contribution < 1.29 is 9.90 Å². The first kappa shape index (κ1) is 12.1. The van der Waals surface area contributed by atoms with Crippen LogP contribution in [-0.2, 0) is 0 Å². The number of hydrogen-bond acceptors (Lipinski definition) is 4. The molecule has 0 radical (unpaired) electrons. The number of nitrogens with one attached hydrogen (secondary N) is 1. The highest BCUT2D eigenvalue weighted by Gasteiger charge is 2.19. The first-order valence-electron chi connectivity index (χ1n) is 5.64. The fourth-order valence-electron chi connectivity index (χ4n) is 1.85. The van der Waals surface area contributed by atoms with Crippen molar-refractivity contribution in [1.82, 2.24) is 5.32 Å². The summed E-state index contributed by atoms with van der Waals surface area (Å²) in [7, 11) is 0. The quantitative estimate of drug-likeness (QED) is 0.552. The van der Waals surface area contributed by atoms with Gasteiger partial charge in [0, 0.05) is 6.04 Å². The Morgan fingerprint density at radius 2 is 2.12 bits per heavy atom. The minimum atomic E-state index is -0.244. The van der Waals surface area contributed by atoms with Gasteiger partial charge in [0.2, 0.25) is 0 Å². The van der Waals surface area contributed by atoms with E-state index in [9.17, 15) is 9.90 Å². The Hall–Kier alpha value is -1.36. The molecular weight excluding hydrogens is 236 g/mol. The summed E-state index contributed by atoms with van der Waals surface area (Å²) in [6.45, 7) is 0. The topological polar surface area (TPSA) is 75.4 Å². The number of para-hydroxylation sites is 1. The van der Waals surface area contributed by atoms with Crippen LogP contribution in [0.4, 0.5) is 5.69 Å². The minimum absolute atomic E-state index is 0.129. The highest BCUT2D eigenvalue weighted by molar-refractivity contribution is 7.99. The number of amides is 1. The molecule has 0 unspecified atom stereocenters. The van der Waals surface area contributed by atoms with E-state index in [2.05, 4.69) is 5.32 Å². The van der Waals surface area contributed by atoms with Crippen molar-refractivity contribution in [2.45, 2.75) is 18.9 Å². The SMILES string of the molecule is Nc1cccc(C(=O)NC2CCSCC2)c1O. The molecule has 1 amide bonds. The van der Waals surface area contributed by atoms with Crippen molar-refractivity contribution in [1.29, 1.82) is 0 Å². The van der Waals surface area contributed by atoms with Gasteiger partial charge in [-0.3, -0.25) is 4.79 Å². The van der Waals surface area contributed by atoms with Crippen LogP contribution >= 0.6 is 11.8 Å². The highest BCUT2D eigenvalue weighted by Crippen LogP contribution is 2.25. The Kier molecular flexibility index (Phi) is 3.78. The summed E-state index contributed by atoms with van der Waals surface area (Å²) < 4.78 is 0. The molecular formula is C12H16N2O2S. The lowest BCUT2D eigenvalue weighted by Crippen LogP contribution is -2.37. The van der Waals surface area contributed by atoms with Gasteiger partial charge >= 0.3 is 0 Å². The monoisotopic (exact) mass is 252 g/mol. The Morgan fingerprint density at radius 3 is 2.82 bits per heavy atom. The normalized spacial score (nSPS) is 16.7. The summed E-state index contributed by atoms with van der Waals surface area (Å²) in [5.74, 6) is 1.78. The van der Waals surface area contributed by atoms with Crippen LogP contribution in [0.25, 0.3) is 0 Å². The molecule has 5 heteroatoms. The third-order valence-electron chi connectivity index (χ3n) is 2.87. The molecule has 1 aliphatic rings. The number of rotatable bonds is 2. The van der Waals surface area contributed by atoms with Crippen LogP contribution in [0.3, 0.4) is 0 Å². The maximum Gasteiger partial charge on any atom is 0.255 e. The first-order chi connectivity index (χ1) is 8.18. The second-order valence-electron chi connectivity index (χ2n) is 4.10. The molecule has 0 aromatic heterocycles. The van der Waals surface area contributed by atoms with Crippen LogP contribution in [0.1, 0.15) is 23.2 Å². The van der Waals surface area contributed by atoms with E-state index in [1.807, 2.05) is 11.8 Å². The second-order valence-corrected chi connectivity index (χ2v) is 5.33. The molecule has 0 aliphatic carbocycles. The molecule has 2 rings (SSSR count). The second kappa shape index (κ2) is 5.31. The van der Waals surface area contributed by atoms with E-state index in [1.54, 1.807) is 18.2 Å². The largest absolute Gasteiger partial charge is 0.505 e. The number of thioether (sulfide) groups is 1. The molecule has 0 atom stereocenters. The van der Waals surface area contributed by atoms with Gasteiger partial charge in [0.15, 0.2) is 5.75 Å². The molecule has 4 nitrogen and oxygen atoms in total. The number of phenols is 1. The molecule has 92 valence electrons. The lowest BCUT2D eigenvalue weighted by atomic mass is 10.1. The molecule has 1 aliphatic heterocycles. The van der Waals surface area contributed by atoms with Crippen molar-refractivity contribution in [3.8, 4) is 5.75 Å². The number of nitrogens with two attached hydrogens (primary N) is 1. The molecule has 1 aromatic rings. The number of carbonyl (C=O) groups excluding carboxylic acids is 1. The van der Waals surface area contributed by atoms with Crippen LogP contribution in [0.5, 0.6) is 5.75 Å². The van der Waals surface area contributed by atoms with Gasteiger partial charge in [-0.2, -0.15) is 11.8 Å². The maximum atomic E-state index is 12.0. The van der Waals surface area contributed by atoms with Crippen molar-refractivity contribution in [2.75, 3.05) is 17.2 Å². The zero-order chi connectivity index (χ0) is 12.3. The summed E-state index contributed by atoms with van der Waals surface area (Å²) in [6.07, 6.45) is 1.97. The van der Waals surface area contributed by atoms with Gasteiger partial charge in [-0.25, -0.2) is 0 Å². The van der Waals surface area contributed by atoms with Crippen LogP contribution < -0.4 is 11.1 Å². The fourth-order valence-corrected chi connectivity index (χ4v) is 2.96.